The molecule has 0 heterocycles. The quantitative estimate of drug-likeness (QED) is 0.399. The number of nitrogens with one attached hydrogen (secondary N) is 1. The molecule has 156 valence electrons. The van der Waals surface area contributed by atoms with Crippen molar-refractivity contribution < 1.29 is 22.9 Å². The number of non-ortho nitro benzene ring substituents is 1. The minimum absolute atomic E-state index is 0.178. The number of rotatable bonds is 8. The first kappa shape index (κ1) is 22.5. The number of benzene rings is 2. The molecule has 1 atom stereocenters. The van der Waals surface area contributed by atoms with E-state index in [9.17, 15) is 23.3 Å². The zero-order chi connectivity index (χ0) is 21.8. The van der Waals surface area contributed by atoms with E-state index in [1.807, 2.05) is 31.2 Å². The SMILES string of the molecule is COC(=O)[C@@H](NS(=O)(=O)c1ccc([N+](=O)[O-])cc1)C(C)(C)Cc1ccc(C)cc1. The molecule has 29 heavy (non-hydrogen) atoms. The van der Waals surface area contributed by atoms with Gasteiger partial charge < -0.3 is 4.74 Å². The number of hydrogen-bond donors (Lipinski definition) is 1. The lowest BCUT2D eigenvalue weighted by Crippen LogP contribution is -2.51. The third-order valence-corrected chi connectivity index (χ3v) is 6.07. The summed E-state index contributed by atoms with van der Waals surface area (Å²) in [5.74, 6) is -0.715. The van der Waals surface area contributed by atoms with E-state index in [1.165, 1.54) is 7.11 Å². The lowest BCUT2D eigenvalue weighted by molar-refractivity contribution is -0.384. The van der Waals surface area contributed by atoms with Gasteiger partial charge in [0.2, 0.25) is 10.0 Å². The number of sulfonamides is 1. The van der Waals surface area contributed by atoms with Gasteiger partial charge in [0.1, 0.15) is 6.04 Å². The van der Waals surface area contributed by atoms with Crippen molar-refractivity contribution in [1.29, 1.82) is 0 Å². The standard InChI is InChI=1S/C20H24N2O6S/c1-14-5-7-15(8-6-14)13-20(2,3)18(19(23)28-4)21-29(26,27)17-11-9-16(10-12-17)22(24)25/h5-12,18,21H,13H2,1-4H3/t18-/m1/s1. The zero-order valence-corrected chi connectivity index (χ0v) is 17.5. The zero-order valence-electron chi connectivity index (χ0n) is 16.7. The Kier molecular flexibility index (Phi) is 6.76. The van der Waals surface area contributed by atoms with Crippen molar-refractivity contribution in [2.75, 3.05) is 7.11 Å². The first-order chi connectivity index (χ1) is 13.5. The molecule has 8 nitrogen and oxygen atoms in total. The van der Waals surface area contributed by atoms with Crippen molar-refractivity contribution in [2.24, 2.45) is 5.41 Å². The molecule has 0 radical (unpaired) electrons. The minimum atomic E-state index is -4.11. The highest BCUT2D eigenvalue weighted by Gasteiger charge is 2.39. The van der Waals surface area contributed by atoms with Gasteiger partial charge in [-0.2, -0.15) is 4.72 Å². The first-order valence-electron chi connectivity index (χ1n) is 8.86. The Balaban J connectivity index is 2.32. The van der Waals surface area contributed by atoms with Crippen molar-refractivity contribution in [1.82, 2.24) is 4.72 Å². The van der Waals surface area contributed by atoms with Gasteiger partial charge in [0.15, 0.2) is 0 Å². The van der Waals surface area contributed by atoms with E-state index in [2.05, 4.69) is 4.72 Å². The molecule has 1 N–H and O–H groups in total. The van der Waals surface area contributed by atoms with Gasteiger partial charge in [-0.25, -0.2) is 8.42 Å². The van der Waals surface area contributed by atoms with Crippen molar-refractivity contribution in [3.05, 3.63) is 69.8 Å². The average Bonchev–Trinajstić information content (AvgIpc) is 2.67. The smallest absolute Gasteiger partial charge is 0.324 e. The summed E-state index contributed by atoms with van der Waals surface area (Å²) in [4.78, 5) is 22.4. The van der Waals surface area contributed by atoms with Crippen molar-refractivity contribution in [3.63, 3.8) is 0 Å². The van der Waals surface area contributed by atoms with Gasteiger partial charge >= 0.3 is 5.97 Å². The van der Waals surface area contributed by atoms with Crippen LogP contribution in [0.5, 0.6) is 0 Å². The molecule has 0 saturated carbocycles. The van der Waals surface area contributed by atoms with Crippen LogP contribution in [0.2, 0.25) is 0 Å². The Morgan fingerprint density at radius 3 is 2.17 bits per heavy atom. The molecule has 0 aliphatic heterocycles. The summed E-state index contributed by atoms with van der Waals surface area (Å²) in [5, 5.41) is 10.8. The molecule has 0 saturated heterocycles. The minimum Gasteiger partial charge on any atom is -0.468 e. The summed E-state index contributed by atoms with van der Waals surface area (Å²) in [6, 6.07) is 11.0. The summed E-state index contributed by atoms with van der Waals surface area (Å²) in [7, 11) is -2.92. The van der Waals surface area contributed by atoms with E-state index < -0.39 is 32.4 Å². The predicted octanol–water partition coefficient (Wildman–Crippen LogP) is 2.99. The Bertz CT molecular complexity index is 983. The summed E-state index contributed by atoms with van der Waals surface area (Å²) < 4.78 is 32.8. The van der Waals surface area contributed by atoms with Gasteiger partial charge in [-0.05, 0) is 36.5 Å². The molecule has 0 fully saturated rings. The molecule has 0 unspecified atom stereocenters. The maximum absolute atomic E-state index is 12.8. The van der Waals surface area contributed by atoms with Gasteiger partial charge in [0.05, 0.1) is 16.9 Å². The second-order valence-corrected chi connectivity index (χ2v) is 9.19. The van der Waals surface area contributed by atoms with E-state index >= 15 is 0 Å². The first-order valence-corrected chi connectivity index (χ1v) is 10.3. The van der Waals surface area contributed by atoms with Gasteiger partial charge in [0, 0.05) is 12.1 Å². The highest BCUT2D eigenvalue weighted by molar-refractivity contribution is 7.89. The van der Waals surface area contributed by atoms with Crippen LogP contribution >= 0.6 is 0 Å². The van der Waals surface area contributed by atoms with Gasteiger partial charge in [-0.3, -0.25) is 14.9 Å². The monoisotopic (exact) mass is 420 g/mol. The molecule has 0 aliphatic carbocycles. The largest absolute Gasteiger partial charge is 0.468 e. The third-order valence-electron chi connectivity index (χ3n) is 4.63. The molecule has 0 bridgehead atoms. The maximum Gasteiger partial charge on any atom is 0.324 e. The number of hydrogen-bond acceptors (Lipinski definition) is 6. The highest BCUT2D eigenvalue weighted by atomic mass is 32.2. The van der Waals surface area contributed by atoms with Gasteiger partial charge in [-0.1, -0.05) is 43.7 Å². The predicted molar refractivity (Wildman–Crippen MR) is 108 cm³/mol. The summed E-state index contributed by atoms with van der Waals surface area (Å²) in [6.07, 6.45) is 0.426. The van der Waals surface area contributed by atoms with Crippen LogP contribution < -0.4 is 4.72 Å². The van der Waals surface area contributed by atoms with Crippen LogP contribution in [0.4, 0.5) is 5.69 Å². The van der Waals surface area contributed by atoms with Crippen LogP contribution in [0.25, 0.3) is 0 Å². The molecule has 0 amide bonds. The topological polar surface area (TPSA) is 116 Å². The second kappa shape index (κ2) is 8.71. The average molecular weight is 420 g/mol. The van der Waals surface area contributed by atoms with Gasteiger partial charge in [-0.15, -0.1) is 0 Å². The van der Waals surface area contributed by atoms with Crippen LogP contribution in [0, 0.1) is 22.5 Å². The van der Waals surface area contributed by atoms with Crippen molar-refractivity contribution in [2.45, 2.75) is 38.1 Å². The lowest BCUT2D eigenvalue weighted by Gasteiger charge is -2.33. The number of esters is 1. The number of methoxy groups -OCH3 is 1. The Morgan fingerprint density at radius 1 is 1.14 bits per heavy atom. The summed E-state index contributed by atoms with van der Waals surface area (Å²) in [5.41, 5.74) is 1.00. The fraction of sp³-hybridized carbons (Fsp3) is 0.350. The van der Waals surface area contributed by atoms with E-state index in [0.29, 0.717) is 6.42 Å². The fourth-order valence-electron chi connectivity index (χ4n) is 2.95. The lowest BCUT2D eigenvalue weighted by atomic mass is 9.79. The third kappa shape index (κ3) is 5.61. The van der Waals surface area contributed by atoms with E-state index in [1.54, 1.807) is 13.8 Å². The molecule has 2 aromatic rings. The number of ether oxygens (including phenoxy) is 1. The fourth-order valence-corrected chi connectivity index (χ4v) is 4.30. The Morgan fingerprint density at radius 2 is 1.69 bits per heavy atom. The van der Waals surface area contributed by atoms with E-state index in [0.717, 1.165) is 35.4 Å². The van der Waals surface area contributed by atoms with Crippen LogP contribution in [-0.4, -0.2) is 32.5 Å². The molecule has 2 rings (SSSR count). The van der Waals surface area contributed by atoms with E-state index in [4.69, 9.17) is 4.74 Å². The Hall–Kier alpha value is -2.78. The van der Waals surface area contributed by atoms with Gasteiger partial charge in [0.25, 0.3) is 5.69 Å². The molecular weight excluding hydrogens is 396 g/mol. The van der Waals surface area contributed by atoms with E-state index in [-0.39, 0.29) is 10.6 Å². The summed E-state index contributed by atoms with van der Waals surface area (Å²) in [6.45, 7) is 5.50. The highest BCUT2D eigenvalue weighted by Crippen LogP contribution is 2.29. The molecule has 2 aromatic carbocycles. The molecule has 0 aliphatic rings. The number of aryl methyl sites for hydroxylation is 1. The van der Waals surface area contributed by atoms with Crippen LogP contribution in [0.15, 0.2) is 53.4 Å². The number of nitro groups is 1. The molecular formula is C20H24N2O6S. The van der Waals surface area contributed by atoms with Crippen molar-refractivity contribution >= 4 is 21.7 Å². The molecule has 9 heteroatoms. The number of carbonyl (C=O) groups excluding carboxylic acids is 1. The molecule has 0 spiro atoms. The number of carbonyl (C=O) groups is 1. The van der Waals surface area contributed by atoms with Crippen LogP contribution in [0.1, 0.15) is 25.0 Å². The normalized spacial score (nSPS) is 13.0. The summed E-state index contributed by atoms with van der Waals surface area (Å²) >= 11 is 0. The molecule has 0 aromatic heterocycles. The van der Waals surface area contributed by atoms with Crippen LogP contribution in [0.3, 0.4) is 0 Å². The number of nitrogens with zero attached hydrogens (tertiary/aromatic N) is 1. The Labute approximate surface area is 170 Å². The maximum atomic E-state index is 12.8. The van der Waals surface area contributed by atoms with Crippen molar-refractivity contribution in [3.8, 4) is 0 Å². The van der Waals surface area contributed by atoms with Crippen LogP contribution in [-0.2, 0) is 26.0 Å². The number of nitro benzene ring substituents is 1. The second-order valence-electron chi connectivity index (χ2n) is 7.48.